The average Bonchev–Trinajstić information content (AvgIpc) is 1.95. The first-order valence-electron chi connectivity index (χ1n) is 5.25. The van der Waals surface area contributed by atoms with E-state index in [0.717, 1.165) is 5.66 Å². The highest BCUT2D eigenvalue weighted by atomic mass is 31.1. The highest BCUT2D eigenvalue weighted by Crippen LogP contribution is 2.37. The van der Waals surface area contributed by atoms with E-state index in [0.29, 0.717) is 5.41 Å². The lowest BCUT2D eigenvalue weighted by molar-refractivity contribution is 0.371. The molecule has 74 valence electrons. The first-order valence-corrected chi connectivity index (χ1v) is 6.54. The Hall–Kier alpha value is 0.430. The van der Waals surface area contributed by atoms with Crippen LogP contribution in [0.1, 0.15) is 53.9 Å². The molecule has 0 saturated carbocycles. The molecule has 0 radical (unpaired) electrons. The Morgan fingerprint density at radius 2 is 1.75 bits per heavy atom. The lowest BCUT2D eigenvalue weighted by Gasteiger charge is -2.30. The van der Waals surface area contributed by atoms with Crippen LogP contribution in [0, 0.1) is 5.41 Å². The predicted molar refractivity (Wildman–Crippen MR) is 61.6 cm³/mol. The third-order valence-electron chi connectivity index (χ3n) is 2.34. The quantitative estimate of drug-likeness (QED) is 0.564. The summed E-state index contributed by atoms with van der Waals surface area (Å²) in [6.45, 7) is 11.7. The normalized spacial score (nSPS) is 15.8. The van der Waals surface area contributed by atoms with Gasteiger partial charge in [0, 0.05) is 0 Å². The van der Waals surface area contributed by atoms with E-state index < -0.39 is 0 Å². The van der Waals surface area contributed by atoms with Crippen LogP contribution in [-0.2, 0) is 0 Å². The van der Waals surface area contributed by atoms with E-state index >= 15 is 0 Å². The molecule has 0 nitrogen and oxygen atoms in total. The van der Waals surface area contributed by atoms with Crippen molar-refractivity contribution in [3.05, 3.63) is 0 Å². The third kappa shape index (κ3) is 5.14. The van der Waals surface area contributed by atoms with Gasteiger partial charge in [-0.1, -0.05) is 47.5 Å². The number of hydrogen-bond acceptors (Lipinski definition) is 0. The van der Waals surface area contributed by atoms with E-state index in [1.165, 1.54) is 34.0 Å². The third-order valence-corrected chi connectivity index (χ3v) is 4.40. The molecule has 0 aliphatic carbocycles. The van der Waals surface area contributed by atoms with Gasteiger partial charge < -0.3 is 0 Å². The van der Waals surface area contributed by atoms with Gasteiger partial charge in [-0.15, -0.1) is 8.58 Å². The van der Waals surface area contributed by atoms with Crippen LogP contribution >= 0.6 is 8.58 Å². The maximum Gasteiger partial charge on any atom is -0.0188 e. The molecule has 0 amide bonds. The Balaban J connectivity index is 3.86. The van der Waals surface area contributed by atoms with Gasteiger partial charge in [-0.2, -0.15) is 0 Å². The van der Waals surface area contributed by atoms with Crippen molar-refractivity contribution in [3.8, 4) is 0 Å². The second kappa shape index (κ2) is 5.97. The molecule has 0 rings (SSSR count). The summed E-state index contributed by atoms with van der Waals surface area (Å²) >= 11 is 0. The van der Waals surface area contributed by atoms with E-state index in [1.807, 2.05) is 0 Å². The molecule has 12 heavy (non-hydrogen) atoms. The van der Waals surface area contributed by atoms with E-state index in [-0.39, 0.29) is 0 Å². The lowest BCUT2D eigenvalue weighted by atomic mass is 9.89. The average molecular weight is 188 g/mol. The van der Waals surface area contributed by atoms with Crippen LogP contribution in [0.15, 0.2) is 0 Å². The molecule has 2 atom stereocenters. The van der Waals surface area contributed by atoms with Crippen molar-refractivity contribution in [1.29, 1.82) is 0 Å². The maximum atomic E-state index is 2.38. The molecule has 0 saturated heterocycles. The first-order chi connectivity index (χ1) is 5.52. The maximum absolute atomic E-state index is 2.38. The lowest BCUT2D eigenvalue weighted by Crippen LogP contribution is -2.22. The Bertz CT molecular complexity index is 102. The second-order valence-electron chi connectivity index (χ2n) is 4.62. The van der Waals surface area contributed by atoms with Gasteiger partial charge in [0.2, 0.25) is 0 Å². The molecule has 0 aromatic heterocycles. The molecule has 0 aliphatic rings. The summed E-state index contributed by atoms with van der Waals surface area (Å²) < 4.78 is 0. The number of hydrogen-bond donors (Lipinski definition) is 0. The minimum Gasteiger partial charge on any atom is -0.119 e. The summed E-state index contributed by atoms with van der Waals surface area (Å²) in [7, 11) is 1.17. The van der Waals surface area contributed by atoms with E-state index in [9.17, 15) is 0 Å². The summed E-state index contributed by atoms with van der Waals surface area (Å²) in [6, 6.07) is 0. The minimum absolute atomic E-state index is 0.531. The minimum atomic E-state index is 0.531. The first kappa shape index (κ1) is 12.4. The van der Waals surface area contributed by atoms with Crippen LogP contribution in [0.3, 0.4) is 0 Å². The van der Waals surface area contributed by atoms with Crippen LogP contribution in [0.25, 0.3) is 0 Å². The van der Waals surface area contributed by atoms with E-state index in [1.54, 1.807) is 0 Å². The van der Waals surface area contributed by atoms with Crippen LogP contribution < -0.4 is 0 Å². The summed E-state index contributed by atoms with van der Waals surface area (Å²) in [6.07, 6.45) is 5.56. The summed E-state index contributed by atoms with van der Waals surface area (Å²) in [4.78, 5) is 0. The molecule has 0 fully saturated rings. The zero-order valence-corrected chi connectivity index (χ0v) is 10.4. The molecule has 0 bridgehead atoms. The van der Waals surface area contributed by atoms with Gasteiger partial charge in [-0.05, 0) is 23.7 Å². The molecule has 1 heteroatoms. The van der Waals surface area contributed by atoms with Crippen molar-refractivity contribution in [3.63, 3.8) is 0 Å². The highest BCUT2D eigenvalue weighted by Gasteiger charge is 2.22. The fourth-order valence-corrected chi connectivity index (χ4v) is 3.01. The van der Waals surface area contributed by atoms with Crippen LogP contribution in [0.2, 0.25) is 0 Å². The van der Waals surface area contributed by atoms with Gasteiger partial charge in [-0.25, -0.2) is 0 Å². The predicted octanol–water partition coefficient (Wildman–Crippen LogP) is 4.29. The van der Waals surface area contributed by atoms with Crippen molar-refractivity contribution in [2.45, 2.75) is 59.5 Å². The zero-order chi connectivity index (χ0) is 9.61. The van der Waals surface area contributed by atoms with Gasteiger partial charge in [0.1, 0.15) is 0 Å². The topological polar surface area (TPSA) is 0 Å². The molecule has 0 N–H and O–H groups in total. The highest BCUT2D eigenvalue weighted by molar-refractivity contribution is 7.38. The van der Waals surface area contributed by atoms with Crippen LogP contribution in [0.5, 0.6) is 0 Å². The molecular weight excluding hydrogens is 163 g/mol. The van der Waals surface area contributed by atoms with Gasteiger partial charge in [-0.3, -0.25) is 0 Å². The van der Waals surface area contributed by atoms with Gasteiger partial charge >= 0.3 is 0 Å². The van der Waals surface area contributed by atoms with Crippen molar-refractivity contribution < 1.29 is 0 Å². The Morgan fingerprint density at radius 3 is 2.08 bits per heavy atom. The second-order valence-corrected chi connectivity index (χ2v) is 6.43. The van der Waals surface area contributed by atoms with Crippen molar-refractivity contribution in [1.82, 2.24) is 0 Å². The van der Waals surface area contributed by atoms with E-state index in [2.05, 4.69) is 34.6 Å². The number of rotatable bonds is 5. The van der Waals surface area contributed by atoms with Gasteiger partial charge in [0.05, 0.1) is 0 Å². The molecule has 0 aliphatic heterocycles. The Kier molecular flexibility index (Phi) is 6.19. The zero-order valence-electron chi connectivity index (χ0n) is 9.41. The fraction of sp³-hybridized carbons (Fsp3) is 1.00. The summed E-state index contributed by atoms with van der Waals surface area (Å²) in [5.41, 5.74) is 1.49. The Morgan fingerprint density at radius 1 is 1.17 bits per heavy atom. The standard InChI is InChI=1S/C11H25P/c1-6-8-9-10(12-7-2)11(3,4)5/h10,12H,6-9H2,1-5H3. The smallest absolute Gasteiger partial charge is 0.0188 e. The van der Waals surface area contributed by atoms with Crippen molar-refractivity contribution in [2.75, 3.05) is 6.16 Å². The Labute approximate surface area is 80.3 Å². The fourth-order valence-electron chi connectivity index (χ4n) is 1.50. The molecule has 0 heterocycles. The molecular formula is C11H25P. The van der Waals surface area contributed by atoms with Crippen molar-refractivity contribution >= 4 is 8.58 Å². The molecule has 0 aromatic rings. The molecule has 2 unspecified atom stereocenters. The SMILES string of the molecule is CCCCC(PCC)C(C)(C)C. The summed E-state index contributed by atoms with van der Waals surface area (Å²) in [5.74, 6) is 0. The molecule has 0 spiro atoms. The van der Waals surface area contributed by atoms with Gasteiger partial charge in [0.15, 0.2) is 0 Å². The van der Waals surface area contributed by atoms with Crippen molar-refractivity contribution in [2.24, 2.45) is 5.41 Å². The largest absolute Gasteiger partial charge is 0.119 e. The number of unbranched alkanes of at least 4 members (excludes halogenated alkanes) is 1. The van der Waals surface area contributed by atoms with E-state index in [4.69, 9.17) is 0 Å². The van der Waals surface area contributed by atoms with Gasteiger partial charge in [0.25, 0.3) is 0 Å². The monoisotopic (exact) mass is 188 g/mol. The molecule has 0 aromatic carbocycles. The van der Waals surface area contributed by atoms with Crippen LogP contribution in [0.4, 0.5) is 0 Å². The summed E-state index contributed by atoms with van der Waals surface area (Å²) in [5, 5.41) is 0. The van der Waals surface area contributed by atoms with Crippen LogP contribution in [-0.4, -0.2) is 11.8 Å².